The number of hydrogen-bond acceptors (Lipinski definition) is 3. The van der Waals surface area contributed by atoms with Gasteiger partial charge in [0.25, 0.3) is 0 Å². The molecule has 0 saturated carbocycles. The van der Waals surface area contributed by atoms with Gasteiger partial charge in [0.05, 0.1) is 11.7 Å². The number of rotatable bonds is 1. The van der Waals surface area contributed by atoms with E-state index in [-0.39, 0.29) is 0 Å². The van der Waals surface area contributed by atoms with Crippen LogP contribution in [0, 0.1) is 11.6 Å². The largest absolute Gasteiger partial charge is 0.545 e. The first-order valence-corrected chi connectivity index (χ1v) is 2.99. The van der Waals surface area contributed by atoms with Crippen molar-refractivity contribution < 1.29 is 18.7 Å². The van der Waals surface area contributed by atoms with Crippen molar-refractivity contribution in [2.45, 2.75) is 0 Å². The van der Waals surface area contributed by atoms with Gasteiger partial charge in [-0.2, -0.15) is 0 Å². The minimum Gasteiger partial charge on any atom is -0.545 e. The summed E-state index contributed by atoms with van der Waals surface area (Å²) < 4.78 is 25.2. The molecule has 0 saturated heterocycles. The molecule has 64 valence electrons. The quantitative estimate of drug-likeness (QED) is 0.602. The van der Waals surface area contributed by atoms with Gasteiger partial charge >= 0.3 is 0 Å². The van der Waals surface area contributed by atoms with Crippen molar-refractivity contribution >= 4 is 11.7 Å². The lowest BCUT2D eigenvalue weighted by Gasteiger charge is -2.05. The zero-order chi connectivity index (χ0) is 9.30. The number of anilines is 1. The van der Waals surface area contributed by atoms with Crippen LogP contribution in [0.4, 0.5) is 14.5 Å². The molecule has 0 heterocycles. The third-order valence-electron chi connectivity index (χ3n) is 1.33. The van der Waals surface area contributed by atoms with Crippen LogP contribution in [0.5, 0.6) is 0 Å². The van der Waals surface area contributed by atoms with E-state index in [0.29, 0.717) is 0 Å². The Morgan fingerprint density at radius 2 is 1.92 bits per heavy atom. The van der Waals surface area contributed by atoms with Crippen LogP contribution in [0.1, 0.15) is 10.4 Å². The molecule has 0 bridgehead atoms. The molecule has 0 amide bonds. The summed E-state index contributed by atoms with van der Waals surface area (Å²) in [5.74, 6) is -4.63. The monoisotopic (exact) mass is 172 g/mol. The molecule has 0 spiro atoms. The molecular weight excluding hydrogens is 168 g/mol. The lowest BCUT2D eigenvalue weighted by atomic mass is 10.2. The highest BCUT2D eigenvalue weighted by Gasteiger charge is 2.11. The van der Waals surface area contributed by atoms with Gasteiger partial charge in [0.2, 0.25) is 0 Å². The molecule has 0 unspecified atom stereocenters. The molecule has 0 aromatic heterocycles. The predicted molar refractivity (Wildman–Crippen MR) is 35.1 cm³/mol. The van der Waals surface area contributed by atoms with Gasteiger partial charge in [-0.1, -0.05) is 0 Å². The second-order valence-corrected chi connectivity index (χ2v) is 2.12. The van der Waals surface area contributed by atoms with Crippen LogP contribution in [-0.2, 0) is 0 Å². The maximum atomic E-state index is 12.6. The predicted octanol–water partition coefficient (Wildman–Crippen LogP) is -0.0895. The van der Waals surface area contributed by atoms with Gasteiger partial charge in [0, 0.05) is 5.56 Å². The zero-order valence-corrected chi connectivity index (χ0v) is 5.80. The topological polar surface area (TPSA) is 66.2 Å². The fraction of sp³-hybridized carbons (Fsp3) is 0. The van der Waals surface area contributed by atoms with E-state index in [2.05, 4.69) is 0 Å². The highest BCUT2D eigenvalue weighted by atomic mass is 19.2. The summed E-state index contributed by atoms with van der Waals surface area (Å²) in [4.78, 5) is 10.1. The Bertz CT molecular complexity index is 338. The van der Waals surface area contributed by atoms with Gasteiger partial charge in [-0.15, -0.1) is 0 Å². The number of nitrogens with two attached hydrogens (primary N) is 1. The Balaban J connectivity index is 3.36. The third kappa shape index (κ3) is 1.20. The average molecular weight is 172 g/mol. The number of nitrogen functional groups attached to an aromatic ring is 1. The maximum Gasteiger partial charge on any atom is 0.182 e. The van der Waals surface area contributed by atoms with Crippen molar-refractivity contribution in [2.75, 3.05) is 5.73 Å². The van der Waals surface area contributed by atoms with Gasteiger partial charge in [-0.25, -0.2) is 8.78 Å². The average Bonchev–Trinajstić information content (AvgIpc) is 2.00. The lowest BCUT2D eigenvalue weighted by Crippen LogP contribution is -2.24. The Hall–Kier alpha value is -1.65. The highest BCUT2D eigenvalue weighted by Crippen LogP contribution is 2.16. The van der Waals surface area contributed by atoms with Crippen molar-refractivity contribution in [3.05, 3.63) is 29.3 Å². The van der Waals surface area contributed by atoms with Gasteiger partial charge in [-0.05, 0) is 12.1 Å². The molecule has 1 aromatic rings. The van der Waals surface area contributed by atoms with E-state index in [9.17, 15) is 18.7 Å². The standard InChI is InChI=1S/C7H5F2NO2/c8-5-3(7(11)12)1-2-4(10)6(5)9/h1-2H,10H2,(H,11,12)/p-1. The van der Waals surface area contributed by atoms with Crippen molar-refractivity contribution in [3.8, 4) is 0 Å². The van der Waals surface area contributed by atoms with Crippen LogP contribution in [-0.4, -0.2) is 5.97 Å². The van der Waals surface area contributed by atoms with E-state index in [0.717, 1.165) is 12.1 Å². The molecule has 0 radical (unpaired) electrons. The van der Waals surface area contributed by atoms with Crippen LogP contribution in [0.2, 0.25) is 0 Å². The second kappa shape index (κ2) is 2.77. The first-order chi connectivity index (χ1) is 5.54. The number of hydrogen-bond donors (Lipinski definition) is 1. The Morgan fingerprint density at radius 1 is 1.33 bits per heavy atom. The molecule has 3 nitrogen and oxygen atoms in total. The van der Waals surface area contributed by atoms with Crippen LogP contribution >= 0.6 is 0 Å². The molecule has 0 fully saturated rings. The summed E-state index contributed by atoms with van der Waals surface area (Å²) in [6, 6.07) is 1.81. The summed E-state index contributed by atoms with van der Waals surface area (Å²) in [5.41, 5.74) is 3.70. The fourth-order valence-electron chi connectivity index (χ4n) is 0.722. The van der Waals surface area contributed by atoms with E-state index in [1.54, 1.807) is 0 Å². The van der Waals surface area contributed by atoms with Crippen LogP contribution in [0.15, 0.2) is 12.1 Å². The molecule has 0 atom stereocenters. The number of benzene rings is 1. The fourth-order valence-corrected chi connectivity index (χ4v) is 0.722. The summed E-state index contributed by atoms with van der Waals surface area (Å²) in [5, 5.41) is 10.1. The molecule has 12 heavy (non-hydrogen) atoms. The smallest absolute Gasteiger partial charge is 0.182 e. The summed E-state index contributed by atoms with van der Waals surface area (Å²) in [6.45, 7) is 0. The summed E-state index contributed by atoms with van der Waals surface area (Å²) >= 11 is 0. The number of aromatic carboxylic acids is 1. The van der Waals surface area contributed by atoms with Crippen molar-refractivity contribution in [3.63, 3.8) is 0 Å². The maximum absolute atomic E-state index is 12.6. The van der Waals surface area contributed by atoms with Gasteiger partial charge < -0.3 is 15.6 Å². The van der Waals surface area contributed by atoms with Crippen molar-refractivity contribution in [2.24, 2.45) is 0 Å². The Morgan fingerprint density at radius 3 is 2.42 bits per heavy atom. The number of carboxylic acid groups (broad SMARTS) is 1. The molecule has 0 aliphatic carbocycles. The molecule has 5 heteroatoms. The third-order valence-corrected chi connectivity index (χ3v) is 1.33. The minimum atomic E-state index is -1.77. The molecular formula is C7H4F2NO2-. The van der Waals surface area contributed by atoms with Gasteiger partial charge in [0.15, 0.2) is 11.6 Å². The second-order valence-electron chi connectivity index (χ2n) is 2.12. The number of carboxylic acids is 1. The van der Waals surface area contributed by atoms with Gasteiger partial charge in [-0.3, -0.25) is 0 Å². The minimum absolute atomic E-state index is 0.433. The van der Waals surface area contributed by atoms with E-state index >= 15 is 0 Å². The van der Waals surface area contributed by atoms with Crippen LogP contribution in [0.25, 0.3) is 0 Å². The molecule has 2 N–H and O–H groups in total. The van der Waals surface area contributed by atoms with Gasteiger partial charge in [0.1, 0.15) is 0 Å². The number of carbonyl (C=O) groups excluding carboxylic acids is 1. The van der Waals surface area contributed by atoms with E-state index in [4.69, 9.17) is 5.73 Å². The van der Waals surface area contributed by atoms with Crippen molar-refractivity contribution in [1.29, 1.82) is 0 Å². The molecule has 0 aliphatic rings. The lowest BCUT2D eigenvalue weighted by molar-refractivity contribution is -0.255. The molecule has 1 aromatic carbocycles. The SMILES string of the molecule is Nc1ccc(C(=O)[O-])c(F)c1F. The van der Waals surface area contributed by atoms with Crippen molar-refractivity contribution in [1.82, 2.24) is 0 Å². The van der Waals surface area contributed by atoms with E-state index in [1.807, 2.05) is 0 Å². The summed E-state index contributed by atoms with van der Waals surface area (Å²) in [7, 11) is 0. The number of carbonyl (C=O) groups is 1. The first-order valence-electron chi connectivity index (χ1n) is 2.99. The Kier molecular flexibility index (Phi) is 1.95. The van der Waals surface area contributed by atoms with Crippen LogP contribution in [0.3, 0.4) is 0 Å². The first kappa shape index (κ1) is 8.45. The van der Waals surface area contributed by atoms with E-state index in [1.165, 1.54) is 0 Å². The highest BCUT2D eigenvalue weighted by molar-refractivity contribution is 5.86. The van der Waals surface area contributed by atoms with E-state index < -0.39 is 28.9 Å². The summed E-state index contributed by atoms with van der Waals surface area (Å²) in [6.07, 6.45) is 0. The Labute approximate surface area is 66.4 Å². The zero-order valence-electron chi connectivity index (χ0n) is 5.80. The number of halogens is 2. The molecule has 0 aliphatic heterocycles. The van der Waals surface area contributed by atoms with Crippen LogP contribution < -0.4 is 10.8 Å². The normalized spacial score (nSPS) is 9.83. The molecule has 1 rings (SSSR count).